The third-order valence-electron chi connectivity index (χ3n) is 8.52. The minimum Gasteiger partial charge on any atom is -0.495 e. The summed E-state index contributed by atoms with van der Waals surface area (Å²) >= 11 is 9.94. The molecule has 1 fully saturated rings. The predicted molar refractivity (Wildman–Crippen MR) is 193 cm³/mol. The summed E-state index contributed by atoms with van der Waals surface area (Å²) in [6.07, 6.45) is 5.22. The van der Waals surface area contributed by atoms with Crippen LogP contribution in [0.2, 0.25) is 5.02 Å². The number of nitrogens with zero attached hydrogens (tertiary/aromatic N) is 2. The van der Waals surface area contributed by atoms with Gasteiger partial charge >= 0.3 is 0 Å². The van der Waals surface area contributed by atoms with Crippen LogP contribution in [-0.4, -0.2) is 50.9 Å². The van der Waals surface area contributed by atoms with Crippen LogP contribution in [-0.2, 0) is 32.6 Å². The minimum atomic E-state index is -4.25. The smallest absolute Gasteiger partial charge is 0.264 e. The molecule has 1 atom stereocenters. The van der Waals surface area contributed by atoms with Gasteiger partial charge in [0.25, 0.3) is 10.0 Å². The number of amides is 2. The molecule has 4 aromatic carbocycles. The van der Waals surface area contributed by atoms with Crippen molar-refractivity contribution in [3.63, 3.8) is 0 Å². The summed E-state index contributed by atoms with van der Waals surface area (Å²) in [7, 11) is -2.78. The summed E-state index contributed by atoms with van der Waals surface area (Å²) in [5.41, 5.74) is 1.86. The first-order valence-electron chi connectivity index (χ1n) is 16.0. The molecular weight excluding hydrogens is 714 g/mol. The van der Waals surface area contributed by atoms with Crippen LogP contribution in [0.15, 0.2) is 112 Å². The van der Waals surface area contributed by atoms with Crippen LogP contribution >= 0.6 is 27.5 Å². The number of carbonyl (C=O) groups excluding carboxylic acids is 2. The maximum absolute atomic E-state index is 14.7. The van der Waals surface area contributed by atoms with Crippen molar-refractivity contribution in [2.75, 3.05) is 18.0 Å². The zero-order valence-corrected chi connectivity index (χ0v) is 29.9. The lowest BCUT2D eigenvalue weighted by atomic mass is 9.94. The van der Waals surface area contributed by atoms with Crippen molar-refractivity contribution in [3.8, 4) is 5.75 Å². The number of sulfonamides is 1. The van der Waals surface area contributed by atoms with Gasteiger partial charge in [0.05, 0.1) is 22.7 Å². The van der Waals surface area contributed by atoms with Crippen LogP contribution in [0.1, 0.15) is 43.2 Å². The maximum atomic E-state index is 14.7. The molecular formula is C37H39BrClN3O5S. The molecule has 0 aliphatic heterocycles. The highest BCUT2D eigenvalue weighted by atomic mass is 79.9. The molecule has 0 spiro atoms. The Morgan fingerprint density at radius 2 is 1.54 bits per heavy atom. The summed E-state index contributed by atoms with van der Waals surface area (Å²) in [5.74, 6) is -0.437. The Kier molecular flexibility index (Phi) is 12.2. The molecule has 4 aromatic rings. The van der Waals surface area contributed by atoms with Gasteiger partial charge in [0.15, 0.2) is 0 Å². The summed E-state index contributed by atoms with van der Waals surface area (Å²) in [6.45, 7) is -0.483. The molecule has 252 valence electrons. The lowest BCUT2D eigenvalue weighted by molar-refractivity contribution is -0.140. The summed E-state index contributed by atoms with van der Waals surface area (Å²) in [4.78, 5) is 30.4. The van der Waals surface area contributed by atoms with Crippen LogP contribution in [0.25, 0.3) is 0 Å². The molecule has 0 aromatic heterocycles. The fraction of sp³-hybridized carbons (Fsp3) is 0.297. The molecule has 8 nitrogen and oxygen atoms in total. The molecule has 0 unspecified atom stereocenters. The van der Waals surface area contributed by atoms with E-state index in [-0.39, 0.29) is 40.5 Å². The van der Waals surface area contributed by atoms with Crippen molar-refractivity contribution in [2.24, 2.45) is 0 Å². The van der Waals surface area contributed by atoms with Gasteiger partial charge in [-0.15, -0.1) is 0 Å². The normalized spacial score (nSPS) is 14.1. The Morgan fingerprint density at radius 1 is 0.896 bits per heavy atom. The number of benzene rings is 4. The number of hydrogen-bond donors (Lipinski definition) is 1. The zero-order chi connectivity index (χ0) is 34.1. The monoisotopic (exact) mass is 751 g/mol. The Morgan fingerprint density at radius 3 is 2.17 bits per heavy atom. The summed E-state index contributed by atoms with van der Waals surface area (Å²) < 4.78 is 35.6. The van der Waals surface area contributed by atoms with E-state index in [1.807, 2.05) is 54.6 Å². The number of ether oxygens (including phenoxy) is 1. The third kappa shape index (κ3) is 8.98. The second-order valence-corrected chi connectivity index (χ2v) is 15.0. The molecule has 48 heavy (non-hydrogen) atoms. The average molecular weight is 753 g/mol. The Labute approximate surface area is 296 Å². The summed E-state index contributed by atoms with van der Waals surface area (Å²) in [6, 6.07) is 28.7. The Balaban J connectivity index is 1.57. The number of carbonyl (C=O) groups is 2. The number of rotatable bonds is 13. The van der Waals surface area contributed by atoms with Crippen molar-refractivity contribution in [3.05, 3.63) is 124 Å². The first-order chi connectivity index (χ1) is 23.2. The standard InChI is InChI=1S/C37H39BrClN3O5S/c1-47-35-22-21-31(24-33(35)39)42(48(45,46)32-15-9-4-10-16-32)26-36(43)41(25-28-17-19-29(38)20-18-28)34(23-27-11-5-2-6-12-27)37(44)40-30-13-7-3-8-14-30/h2,4-6,9-12,15-22,24,30,34H,3,7-8,13-14,23,25-26H2,1H3,(H,40,44)/t34-/m0/s1. The van der Waals surface area contributed by atoms with Crippen molar-refractivity contribution in [1.82, 2.24) is 10.2 Å². The quantitative estimate of drug-likeness (QED) is 0.154. The molecule has 0 radical (unpaired) electrons. The second kappa shape index (κ2) is 16.5. The second-order valence-electron chi connectivity index (χ2n) is 11.8. The van der Waals surface area contributed by atoms with Crippen LogP contribution < -0.4 is 14.4 Å². The van der Waals surface area contributed by atoms with Crippen LogP contribution in [0.5, 0.6) is 5.75 Å². The van der Waals surface area contributed by atoms with Crippen molar-refractivity contribution in [1.29, 1.82) is 0 Å². The molecule has 0 saturated heterocycles. The minimum absolute atomic E-state index is 0.0140. The molecule has 0 heterocycles. The lowest BCUT2D eigenvalue weighted by Crippen LogP contribution is -2.55. The molecule has 1 N–H and O–H groups in total. The molecule has 5 rings (SSSR count). The maximum Gasteiger partial charge on any atom is 0.264 e. The van der Waals surface area contributed by atoms with Crippen molar-refractivity contribution < 1.29 is 22.7 Å². The topological polar surface area (TPSA) is 96.0 Å². The van der Waals surface area contributed by atoms with Crippen LogP contribution in [0, 0.1) is 0 Å². The van der Waals surface area contributed by atoms with Crippen molar-refractivity contribution >= 4 is 55.1 Å². The van der Waals surface area contributed by atoms with Crippen LogP contribution in [0.4, 0.5) is 5.69 Å². The highest BCUT2D eigenvalue weighted by Crippen LogP contribution is 2.32. The van der Waals surface area contributed by atoms with Crippen LogP contribution in [0.3, 0.4) is 0 Å². The summed E-state index contributed by atoms with van der Waals surface area (Å²) in [5, 5.41) is 3.42. The van der Waals surface area contributed by atoms with Gasteiger partial charge in [-0.2, -0.15) is 0 Å². The van der Waals surface area contributed by atoms with E-state index in [2.05, 4.69) is 21.2 Å². The van der Waals surface area contributed by atoms with Gasteiger partial charge in [-0.25, -0.2) is 8.42 Å². The van der Waals surface area contributed by atoms with Gasteiger partial charge in [-0.05, 0) is 66.4 Å². The third-order valence-corrected chi connectivity index (χ3v) is 11.1. The number of nitrogens with one attached hydrogen (secondary N) is 1. The number of hydrogen-bond acceptors (Lipinski definition) is 5. The van der Waals surface area contributed by atoms with E-state index < -0.39 is 28.5 Å². The molecule has 2 amide bonds. The van der Waals surface area contributed by atoms with E-state index in [0.717, 1.165) is 52.0 Å². The Bertz CT molecular complexity index is 1790. The number of halogens is 2. The number of methoxy groups -OCH3 is 1. The van der Waals surface area contributed by atoms with Gasteiger partial charge in [0.1, 0.15) is 18.3 Å². The predicted octanol–water partition coefficient (Wildman–Crippen LogP) is 7.40. The molecule has 11 heteroatoms. The van der Waals surface area contributed by atoms with E-state index >= 15 is 0 Å². The molecule has 0 bridgehead atoms. The van der Waals surface area contributed by atoms with E-state index in [1.165, 1.54) is 30.2 Å². The first kappa shape index (κ1) is 35.4. The fourth-order valence-corrected chi connectivity index (χ4v) is 7.89. The van der Waals surface area contributed by atoms with Crippen molar-refractivity contribution in [2.45, 2.75) is 62.0 Å². The molecule has 1 saturated carbocycles. The average Bonchev–Trinajstić information content (AvgIpc) is 3.10. The largest absolute Gasteiger partial charge is 0.495 e. The molecule has 1 aliphatic rings. The molecule has 1 aliphatic carbocycles. The van der Waals surface area contributed by atoms with Gasteiger partial charge in [0, 0.05) is 23.5 Å². The SMILES string of the molecule is COc1ccc(N(CC(=O)N(Cc2ccc(Br)cc2)[C@@H](Cc2ccccc2)C(=O)NC2CCCCC2)S(=O)(=O)c2ccccc2)cc1Cl. The van der Waals surface area contributed by atoms with E-state index in [9.17, 15) is 18.0 Å². The zero-order valence-electron chi connectivity index (χ0n) is 26.7. The van der Waals surface area contributed by atoms with Gasteiger partial charge < -0.3 is 15.0 Å². The van der Waals surface area contributed by atoms with Gasteiger partial charge in [-0.3, -0.25) is 13.9 Å². The Hall–Kier alpha value is -3.86. The first-order valence-corrected chi connectivity index (χ1v) is 18.6. The fourth-order valence-electron chi connectivity index (χ4n) is 5.94. The highest BCUT2D eigenvalue weighted by Gasteiger charge is 2.35. The number of anilines is 1. The van der Waals surface area contributed by atoms with E-state index in [1.54, 1.807) is 30.3 Å². The van der Waals surface area contributed by atoms with E-state index in [4.69, 9.17) is 16.3 Å². The van der Waals surface area contributed by atoms with E-state index in [0.29, 0.717) is 5.75 Å². The van der Waals surface area contributed by atoms with Gasteiger partial charge in [0.2, 0.25) is 11.8 Å². The lowest BCUT2D eigenvalue weighted by Gasteiger charge is -2.35. The highest BCUT2D eigenvalue weighted by molar-refractivity contribution is 9.10. The van der Waals surface area contributed by atoms with Gasteiger partial charge in [-0.1, -0.05) is 107 Å².